The number of benzene rings is 2. The van der Waals surface area contributed by atoms with Gasteiger partial charge in [-0.2, -0.15) is 5.26 Å². The Labute approximate surface area is 111 Å². The topological polar surface area (TPSA) is 23.8 Å². The van der Waals surface area contributed by atoms with Gasteiger partial charge in [0.25, 0.3) is 0 Å². The van der Waals surface area contributed by atoms with Crippen molar-refractivity contribution in [3.63, 3.8) is 0 Å². The minimum atomic E-state index is -0.372. The lowest BCUT2D eigenvalue weighted by Crippen LogP contribution is -2.10. The predicted molar refractivity (Wildman–Crippen MR) is 69.4 cm³/mol. The summed E-state index contributed by atoms with van der Waals surface area (Å²) in [5, 5.41) is 9.13. The molecule has 0 radical (unpaired) electrons. The Balaban J connectivity index is 2.51. The van der Waals surface area contributed by atoms with Gasteiger partial charge < -0.3 is 0 Å². The number of nitriles is 1. The van der Waals surface area contributed by atoms with Gasteiger partial charge in [-0.15, -0.1) is 0 Å². The third kappa shape index (κ3) is 2.97. The molecule has 1 nitrogen and oxygen atoms in total. The average Bonchev–Trinajstić information content (AvgIpc) is 2.39. The first kappa shape index (κ1) is 13.2. The Kier molecular flexibility index (Phi) is 3.91. The van der Waals surface area contributed by atoms with E-state index in [4.69, 9.17) is 5.26 Å². The number of hydrogen-bond acceptors (Lipinski definition) is 1. The predicted octanol–water partition coefficient (Wildman–Crippen LogP) is 4.26. The van der Waals surface area contributed by atoms with Crippen LogP contribution in [0.4, 0.5) is 8.78 Å². The summed E-state index contributed by atoms with van der Waals surface area (Å²) in [6.45, 7) is 1.75. The Morgan fingerprint density at radius 2 is 1.42 bits per heavy atom. The van der Waals surface area contributed by atoms with E-state index >= 15 is 0 Å². The normalized spacial score (nSPS) is 12.2. The fourth-order valence-corrected chi connectivity index (χ4v) is 2.24. The molecule has 0 aliphatic rings. The second-order valence-corrected chi connectivity index (χ2v) is 4.51. The van der Waals surface area contributed by atoms with Crippen molar-refractivity contribution in [3.05, 3.63) is 71.3 Å². The molecule has 1 atom stereocenters. The number of nitrogens with zero attached hydrogens (tertiary/aromatic N) is 1. The molecule has 1 unspecified atom stereocenters. The van der Waals surface area contributed by atoms with Gasteiger partial charge in [0.2, 0.25) is 0 Å². The van der Waals surface area contributed by atoms with Gasteiger partial charge in [-0.3, -0.25) is 0 Å². The highest BCUT2D eigenvalue weighted by atomic mass is 19.1. The van der Waals surface area contributed by atoms with Gasteiger partial charge in [-0.05, 0) is 42.3 Å². The van der Waals surface area contributed by atoms with Crippen LogP contribution in [0.3, 0.4) is 0 Å². The first-order valence-corrected chi connectivity index (χ1v) is 6.02. The molecule has 19 heavy (non-hydrogen) atoms. The lowest BCUT2D eigenvalue weighted by Gasteiger charge is -2.20. The number of halogens is 2. The average molecular weight is 257 g/mol. The first-order chi connectivity index (χ1) is 9.11. The molecular formula is C16H13F2N. The molecule has 2 aromatic rings. The third-order valence-corrected chi connectivity index (χ3v) is 3.12. The summed E-state index contributed by atoms with van der Waals surface area (Å²) in [5.41, 5.74) is 1.36. The van der Waals surface area contributed by atoms with Crippen LogP contribution >= 0.6 is 0 Å². The monoisotopic (exact) mass is 257 g/mol. The van der Waals surface area contributed by atoms with Crippen molar-refractivity contribution in [2.75, 3.05) is 0 Å². The van der Waals surface area contributed by atoms with Gasteiger partial charge in [0.15, 0.2) is 0 Å². The molecule has 0 N–H and O–H groups in total. The van der Waals surface area contributed by atoms with Gasteiger partial charge in [0.1, 0.15) is 11.6 Å². The van der Waals surface area contributed by atoms with Crippen molar-refractivity contribution in [2.24, 2.45) is 5.92 Å². The molecule has 0 aliphatic heterocycles. The van der Waals surface area contributed by atoms with Crippen molar-refractivity contribution in [3.8, 4) is 6.07 Å². The quantitative estimate of drug-likeness (QED) is 0.806. The molecule has 2 aromatic carbocycles. The zero-order chi connectivity index (χ0) is 13.8. The molecule has 0 spiro atoms. The van der Waals surface area contributed by atoms with Gasteiger partial charge in [0, 0.05) is 5.92 Å². The second-order valence-electron chi connectivity index (χ2n) is 4.51. The van der Waals surface area contributed by atoms with Crippen LogP contribution in [-0.4, -0.2) is 0 Å². The number of hydrogen-bond donors (Lipinski definition) is 0. The van der Waals surface area contributed by atoms with E-state index in [-0.39, 0.29) is 23.5 Å². The highest BCUT2D eigenvalue weighted by Crippen LogP contribution is 2.32. The summed E-state index contributed by atoms with van der Waals surface area (Å²) >= 11 is 0. The zero-order valence-electron chi connectivity index (χ0n) is 10.5. The Hall–Kier alpha value is -2.21. The lowest BCUT2D eigenvalue weighted by atomic mass is 9.82. The van der Waals surface area contributed by atoms with Crippen LogP contribution in [0, 0.1) is 28.9 Å². The molecule has 3 heteroatoms. The van der Waals surface area contributed by atoms with E-state index in [9.17, 15) is 8.78 Å². The minimum absolute atomic E-state index is 0.337. The van der Waals surface area contributed by atoms with Crippen LogP contribution in [0.2, 0.25) is 0 Å². The number of rotatable bonds is 3. The summed E-state index contributed by atoms with van der Waals surface area (Å²) in [6.07, 6.45) is 0. The molecular weight excluding hydrogens is 244 g/mol. The van der Waals surface area contributed by atoms with E-state index in [0.717, 1.165) is 0 Å². The summed E-state index contributed by atoms with van der Waals surface area (Å²) in [4.78, 5) is 0. The molecule has 0 heterocycles. The molecule has 0 bridgehead atoms. The van der Waals surface area contributed by atoms with E-state index in [0.29, 0.717) is 11.1 Å². The van der Waals surface area contributed by atoms with Crippen LogP contribution in [-0.2, 0) is 0 Å². The van der Waals surface area contributed by atoms with Gasteiger partial charge in [-0.1, -0.05) is 24.3 Å². The Morgan fingerprint density at radius 1 is 0.947 bits per heavy atom. The van der Waals surface area contributed by atoms with Crippen molar-refractivity contribution < 1.29 is 8.78 Å². The van der Waals surface area contributed by atoms with E-state index in [2.05, 4.69) is 6.07 Å². The smallest absolute Gasteiger partial charge is 0.123 e. The van der Waals surface area contributed by atoms with Crippen LogP contribution < -0.4 is 0 Å². The summed E-state index contributed by atoms with van der Waals surface area (Å²) in [5.74, 6) is -1.42. The largest absolute Gasteiger partial charge is 0.207 e. The second kappa shape index (κ2) is 5.62. The van der Waals surface area contributed by atoms with Crippen LogP contribution in [0.25, 0.3) is 0 Å². The fraction of sp³-hybridized carbons (Fsp3) is 0.188. The lowest BCUT2D eigenvalue weighted by molar-refractivity contribution is 0.595. The minimum Gasteiger partial charge on any atom is -0.207 e. The zero-order valence-corrected chi connectivity index (χ0v) is 10.5. The van der Waals surface area contributed by atoms with Crippen molar-refractivity contribution in [1.29, 1.82) is 5.26 Å². The third-order valence-electron chi connectivity index (χ3n) is 3.12. The molecule has 0 fully saturated rings. The van der Waals surface area contributed by atoms with Gasteiger partial charge in [-0.25, -0.2) is 8.78 Å². The Bertz CT molecular complexity index is 571. The Morgan fingerprint density at radius 3 is 1.79 bits per heavy atom. The maximum absolute atomic E-state index is 13.3. The summed E-state index contributed by atoms with van der Waals surface area (Å²) < 4.78 is 26.7. The van der Waals surface area contributed by atoms with Crippen LogP contribution in [0.1, 0.15) is 24.0 Å². The van der Waals surface area contributed by atoms with Crippen molar-refractivity contribution in [1.82, 2.24) is 0 Å². The fourth-order valence-electron chi connectivity index (χ4n) is 2.24. The molecule has 0 saturated carbocycles. The van der Waals surface area contributed by atoms with E-state index in [1.165, 1.54) is 24.3 Å². The van der Waals surface area contributed by atoms with Crippen LogP contribution in [0.5, 0.6) is 0 Å². The highest BCUT2D eigenvalue weighted by Gasteiger charge is 2.22. The van der Waals surface area contributed by atoms with E-state index in [1.807, 2.05) is 0 Å². The van der Waals surface area contributed by atoms with Gasteiger partial charge in [0.05, 0.1) is 12.0 Å². The highest BCUT2D eigenvalue weighted by molar-refractivity contribution is 5.35. The van der Waals surface area contributed by atoms with Crippen molar-refractivity contribution in [2.45, 2.75) is 12.8 Å². The maximum atomic E-state index is 13.3. The SMILES string of the molecule is CC(C#N)C(c1cccc(F)c1)c1cccc(F)c1. The van der Waals surface area contributed by atoms with Crippen LogP contribution in [0.15, 0.2) is 48.5 Å². The standard InChI is InChI=1S/C16H13F2N/c1-11(10-19)16(12-4-2-6-14(17)8-12)13-5-3-7-15(18)9-13/h2-9,11,16H,1H3. The summed E-state index contributed by atoms with van der Waals surface area (Å²) in [6, 6.07) is 14.4. The molecule has 96 valence electrons. The molecule has 0 aromatic heterocycles. The van der Waals surface area contributed by atoms with E-state index < -0.39 is 0 Å². The van der Waals surface area contributed by atoms with E-state index in [1.54, 1.807) is 31.2 Å². The molecule has 0 aliphatic carbocycles. The van der Waals surface area contributed by atoms with Gasteiger partial charge >= 0.3 is 0 Å². The molecule has 2 rings (SSSR count). The van der Waals surface area contributed by atoms with Crippen molar-refractivity contribution >= 4 is 0 Å². The molecule has 0 saturated heterocycles. The maximum Gasteiger partial charge on any atom is 0.123 e. The first-order valence-electron chi connectivity index (χ1n) is 6.02. The molecule has 0 amide bonds. The summed E-state index contributed by atoms with van der Waals surface area (Å²) in [7, 11) is 0.